The molecule has 0 radical (unpaired) electrons. The van der Waals surface area contributed by atoms with E-state index in [1.54, 1.807) is 13.1 Å². The van der Waals surface area contributed by atoms with Gasteiger partial charge in [0.05, 0.1) is 23.8 Å². The van der Waals surface area contributed by atoms with E-state index >= 15 is 0 Å². The third-order valence-electron chi connectivity index (χ3n) is 3.46. The van der Waals surface area contributed by atoms with E-state index in [-0.39, 0.29) is 11.6 Å². The van der Waals surface area contributed by atoms with Crippen molar-refractivity contribution in [1.82, 2.24) is 5.32 Å². The van der Waals surface area contributed by atoms with Gasteiger partial charge in [0, 0.05) is 0 Å². The van der Waals surface area contributed by atoms with Gasteiger partial charge in [-0.05, 0) is 45.0 Å². The molecule has 0 fully saturated rings. The molecule has 0 aromatic heterocycles. The summed E-state index contributed by atoms with van der Waals surface area (Å²) in [6.07, 6.45) is -3.48. The molecule has 0 bridgehead atoms. The van der Waals surface area contributed by atoms with E-state index < -0.39 is 11.7 Å². The van der Waals surface area contributed by atoms with Crippen LogP contribution in [0.3, 0.4) is 0 Å². The average Bonchev–Trinajstić information content (AvgIpc) is 2.39. The van der Waals surface area contributed by atoms with Crippen LogP contribution in [-0.2, 0) is 10.9 Å². The normalized spacial score (nSPS) is 14.3. The van der Waals surface area contributed by atoms with Crippen molar-refractivity contribution >= 4 is 0 Å². The van der Waals surface area contributed by atoms with Gasteiger partial charge in [-0.2, -0.15) is 13.2 Å². The fourth-order valence-electron chi connectivity index (χ4n) is 1.69. The number of benzene rings is 1. The molecule has 1 N–H and O–H groups in total. The van der Waals surface area contributed by atoms with Crippen molar-refractivity contribution in [1.29, 1.82) is 0 Å². The second kappa shape index (κ2) is 6.59. The Labute approximate surface area is 118 Å². The SMILES string of the molecule is CCC(C)(C)OCC(NC)c1cccc(C(F)(F)F)c1. The van der Waals surface area contributed by atoms with Crippen LogP contribution in [0.4, 0.5) is 13.2 Å². The second-order valence-electron chi connectivity index (χ2n) is 5.39. The Morgan fingerprint density at radius 3 is 2.40 bits per heavy atom. The van der Waals surface area contributed by atoms with Crippen molar-refractivity contribution in [3.8, 4) is 0 Å². The first-order valence-corrected chi connectivity index (χ1v) is 6.68. The summed E-state index contributed by atoms with van der Waals surface area (Å²) in [4.78, 5) is 0. The number of alkyl halides is 3. The van der Waals surface area contributed by atoms with Crippen molar-refractivity contribution in [2.45, 2.75) is 45.0 Å². The number of halogens is 3. The molecule has 0 spiro atoms. The predicted octanol–water partition coefficient (Wildman–Crippen LogP) is 4.17. The summed E-state index contributed by atoms with van der Waals surface area (Å²) >= 11 is 0. The Hall–Kier alpha value is -1.07. The Morgan fingerprint density at radius 2 is 1.90 bits per heavy atom. The van der Waals surface area contributed by atoms with E-state index in [4.69, 9.17) is 4.74 Å². The van der Waals surface area contributed by atoms with Crippen LogP contribution in [0, 0.1) is 0 Å². The highest BCUT2D eigenvalue weighted by atomic mass is 19.4. The molecular weight excluding hydrogens is 267 g/mol. The molecule has 0 saturated carbocycles. The zero-order valence-electron chi connectivity index (χ0n) is 12.3. The fraction of sp³-hybridized carbons (Fsp3) is 0.600. The highest BCUT2D eigenvalue weighted by Crippen LogP contribution is 2.31. The molecule has 5 heteroatoms. The maximum atomic E-state index is 12.7. The van der Waals surface area contributed by atoms with E-state index in [1.807, 2.05) is 20.8 Å². The maximum absolute atomic E-state index is 12.7. The molecule has 0 amide bonds. The van der Waals surface area contributed by atoms with Gasteiger partial charge in [-0.15, -0.1) is 0 Å². The van der Waals surface area contributed by atoms with E-state index in [2.05, 4.69) is 5.32 Å². The molecule has 2 nitrogen and oxygen atoms in total. The monoisotopic (exact) mass is 289 g/mol. The van der Waals surface area contributed by atoms with E-state index in [0.717, 1.165) is 12.5 Å². The summed E-state index contributed by atoms with van der Waals surface area (Å²) in [6, 6.07) is 5.09. The van der Waals surface area contributed by atoms with E-state index in [1.165, 1.54) is 12.1 Å². The first-order valence-electron chi connectivity index (χ1n) is 6.68. The summed E-state index contributed by atoms with van der Waals surface area (Å²) in [5.41, 5.74) is -0.337. The number of likely N-dealkylation sites (N-methyl/N-ethyl adjacent to an activating group) is 1. The maximum Gasteiger partial charge on any atom is 0.416 e. The Bertz CT molecular complexity index is 429. The van der Waals surface area contributed by atoms with Gasteiger partial charge in [0.25, 0.3) is 0 Å². The predicted molar refractivity (Wildman–Crippen MR) is 73.6 cm³/mol. The molecule has 1 atom stereocenters. The largest absolute Gasteiger partial charge is 0.416 e. The summed E-state index contributed by atoms with van der Waals surface area (Å²) in [7, 11) is 1.72. The second-order valence-corrected chi connectivity index (χ2v) is 5.39. The van der Waals surface area contributed by atoms with Crippen LogP contribution in [0.5, 0.6) is 0 Å². The van der Waals surface area contributed by atoms with Crippen LogP contribution in [0.25, 0.3) is 0 Å². The summed E-state index contributed by atoms with van der Waals surface area (Å²) < 4.78 is 43.9. The minimum atomic E-state index is -4.32. The van der Waals surface area contributed by atoms with Crippen LogP contribution >= 0.6 is 0 Å². The molecule has 114 valence electrons. The summed E-state index contributed by atoms with van der Waals surface area (Å²) in [5.74, 6) is 0. The van der Waals surface area contributed by atoms with Crippen LogP contribution in [0.2, 0.25) is 0 Å². The van der Waals surface area contributed by atoms with Crippen LogP contribution < -0.4 is 5.32 Å². The minimum absolute atomic E-state index is 0.261. The summed E-state index contributed by atoms with van der Waals surface area (Å²) in [6.45, 7) is 6.27. The quantitative estimate of drug-likeness (QED) is 0.848. The van der Waals surface area contributed by atoms with Crippen molar-refractivity contribution < 1.29 is 17.9 Å². The Balaban J connectivity index is 2.85. The van der Waals surface area contributed by atoms with Crippen LogP contribution in [0.1, 0.15) is 44.4 Å². The third-order valence-corrected chi connectivity index (χ3v) is 3.46. The molecule has 20 heavy (non-hydrogen) atoms. The molecule has 1 aromatic carbocycles. The zero-order valence-corrected chi connectivity index (χ0v) is 12.3. The number of nitrogens with one attached hydrogen (secondary N) is 1. The fourth-order valence-corrected chi connectivity index (χ4v) is 1.69. The Morgan fingerprint density at radius 1 is 1.25 bits per heavy atom. The van der Waals surface area contributed by atoms with Gasteiger partial charge in [0.1, 0.15) is 0 Å². The number of hydrogen-bond donors (Lipinski definition) is 1. The lowest BCUT2D eigenvalue weighted by Gasteiger charge is -2.27. The smallest absolute Gasteiger partial charge is 0.374 e. The number of rotatable bonds is 6. The van der Waals surface area contributed by atoms with Gasteiger partial charge in [0.15, 0.2) is 0 Å². The molecule has 0 aliphatic heterocycles. The lowest BCUT2D eigenvalue weighted by atomic mass is 10.0. The van der Waals surface area contributed by atoms with Gasteiger partial charge in [-0.3, -0.25) is 0 Å². The first kappa shape index (κ1) is 17.0. The van der Waals surface area contributed by atoms with Crippen molar-refractivity contribution in [3.05, 3.63) is 35.4 Å². The van der Waals surface area contributed by atoms with Crippen LogP contribution in [-0.4, -0.2) is 19.3 Å². The van der Waals surface area contributed by atoms with Gasteiger partial charge in [0.2, 0.25) is 0 Å². The topological polar surface area (TPSA) is 21.3 Å². The molecule has 1 unspecified atom stereocenters. The zero-order chi connectivity index (χ0) is 15.4. The van der Waals surface area contributed by atoms with Crippen molar-refractivity contribution in [2.75, 3.05) is 13.7 Å². The van der Waals surface area contributed by atoms with Gasteiger partial charge >= 0.3 is 6.18 Å². The number of hydrogen-bond acceptors (Lipinski definition) is 2. The first-order chi connectivity index (χ1) is 9.19. The van der Waals surface area contributed by atoms with Crippen molar-refractivity contribution in [3.63, 3.8) is 0 Å². The molecule has 0 aliphatic rings. The molecular formula is C15H22F3NO. The van der Waals surface area contributed by atoms with Gasteiger partial charge < -0.3 is 10.1 Å². The molecule has 0 heterocycles. The third kappa shape index (κ3) is 4.80. The van der Waals surface area contributed by atoms with Gasteiger partial charge in [-0.25, -0.2) is 0 Å². The lowest BCUT2D eigenvalue weighted by molar-refractivity contribution is -0.137. The molecule has 1 aromatic rings. The minimum Gasteiger partial charge on any atom is -0.374 e. The van der Waals surface area contributed by atoms with Crippen LogP contribution in [0.15, 0.2) is 24.3 Å². The van der Waals surface area contributed by atoms with E-state index in [0.29, 0.717) is 12.2 Å². The average molecular weight is 289 g/mol. The number of ether oxygens (including phenoxy) is 1. The molecule has 0 aliphatic carbocycles. The highest BCUT2D eigenvalue weighted by Gasteiger charge is 2.31. The summed E-state index contributed by atoms with van der Waals surface area (Å²) in [5, 5.41) is 3.00. The standard InChI is InChI=1S/C15H22F3NO/c1-5-14(2,3)20-10-13(19-4)11-7-6-8-12(9-11)15(16,17)18/h6-9,13,19H,5,10H2,1-4H3. The molecule has 0 saturated heterocycles. The van der Waals surface area contributed by atoms with Gasteiger partial charge in [-0.1, -0.05) is 19.1 Å². The van der Waals surface area contributed by atoms with Crippen molar-refractivity contribution in [2.24, 2.45) is 0 Å². The Kier molecular flexibility index (Phi) is 5.59. The van der Waals surface area contributed by atoms with E-state index in [9.17, 15) is 13.2 Å². The highest BCUT2D eigenvalue weighted by molar-refractivity contribution is 5.28. The molecule has 1 rings (SSSR count). The lowest BCUT2D eigenvalue weighted by Crippen LogP contribution is -2.30.